The van der Waals surface area contributed by atoms with Crippen LogP contribution in [0.1, 0.15) is 29.9 Å². The van der Waals surface area contributed by atoms with Crippen molar-refractivity contribution in [2.45, 2.75) is 33.2 Å². The van der Waals surface area contributed by atoms with Crippen molar-refractivity contribution in [3.05, 3.63) is 35.2 Å². The molecule has 0 aliphatic carbocycles. The summed E-state index contributed by atoms with van der Waals surface area (Å²) in [5.41, 5.74) is 2.98. The molecular weight excluding hydrogens is 382 g/mol. The van der Waals surface area contributed by atoms with Gasteiger partial charge in [0.05, 0.1) is 26.0 Å². The third kappa shape index (κ3) is 4.52. The fraction of sp³-hybridized carbons (Fsp3) is 0.565. The molecule has 0 radical (unpaired) electrons. The molecule has 1 amide bonds. The number of rotatable bonds is 5. The van der Waals surface area contributed by atoms with Gasteiger partial charge >= 0.3 is 0 Å². The topological polar surface area (TPSA) is 68.0 Å². The highest BCUT2D eigenvalue weighted by Gasteiger charge is 2.30. The molecule has 0 N–H and O–H groups in total. The van der Waals surface area contributed by atoms with Crippen LogP contribution in [0.4, 0.5) is 0 Å². The standard InChI is InChI=1S/C23H31N3O4/c1-16-14-19(4-5-21(16)28-3)22-24-20(17(2)30-22)15-25-8-6-18(7-9-25)23(27)26-10-12-29-13-11-26/h4-5,14,18H,6-13,15H2,1-3H3. The maximum atomic E-state index is 12.7. The minimum Gasteiger partial charge on any atom is -0.496 e. The van der Waals surface area contributed by atoms with Crippen molar-refractivity contribution in [2.24, 2.45) is 5.92 Å². The fourth-order valence-corrected chi connectivity index (χ4v) is 4.30. The van der Waals surface area contributed by atoms with Gasteiger partial charge in [-0.05, 0) is 63.5 Å². The molecule has 2 fully saturated rings. The van der Waals surface area contributed by atoms with Gasteiger partial charge in [-0.15, -0.1) is 0 Å². The minimum absolute atomic E-state index is 0.135. The normalized spacial score (nSPS) is 18.6. The summed E-state index contributed by atoms with van der Waals surface area (Å²) in [6, 6.07) is 5.96. The van der Waals surface area contributed by atoms with Gasteiger partial charge in [-0.2, -0.15) is 0 Å². The molecule has 0 spiro atoms. The van der Waals surface area contributed by atoms with Crippen LogP contribution < -0.4 is 4.74 Å². The van der Waals surface area contributed by atoms with Crippen molar-refractivity contribution >= 4 is 5.91 Å². The quantitative estimate of drug-likeness (QED) is 0.751. The summed E-state index contributed by atoms with van der Waals surface area (Å²) in [4.78, 5) is 21.8. The van der Waals surface area contributed by atoms with E-state index >= 15 is 0 Å². The smallest absolute Gasteiger partial charge is 0.226 e. The molecule has 7 heteroatoms. The lowest BCUT2D eigenvalue weighted by Gasteiger charge is -2.35. The Kier molecular flexibility index (Phi) is 6.39. The van der Waals surface area contributed by atoms with Crippen LogP contribution in [0.15, 0.2) is 22.6 Å². The van der Waals surface area contributed by atoms with Gasteiger partial charge in [-0.3, -0.25) is 9.69 Å². The van der Waals surface area contributed by atoms with E-state index in [0.29, 0.717) is 25.0 Å². The Morgan fingerprint density at radius 2 is 1.90 bits per heavy atom. The van der Waals surface area contributed by atoms with E-state index in [1.54, 1.807) is 7.11 Å². The summed E-state index contributed by atoms with van der Waals surface area (Å²) in [7, 11) is 1.67. The number of methoxy groups -OCH3 is 1. The van der Waals surface area contributed by atoms with Crippen molar-refractivity contribution < 1.29 is 18.7 Å². The molecule has 7 nitrogen and oxygen atoms in total. The Labute approximate surface area is 178 Å². The third-order valence-corrected chi connectivity index (χ3v) is 6.17. The van der Waals surface area contributed by atoms with Crippen LogP contribution in [0, 0.1) is 19.8 Å². The van der Waals surface area contributed by atoms with E-state index in [0.717, 1.165) is 73.9 Å². The number of carbonyl (C=O) groups is 1. The zero-order valence-corrected chi connectivity index (χ0v) is 18.1. The molecule has 0 atom stereocenters. The zero-order chi connectivity index (χ0) is 21.1. The van der Waals surface area contributed by atoms with Gasteiger partial charge in [-0.1, -0.05) is 0 Å². The number of nitrogens with zero attached hydrogens (tertiary/aromatic N) is 3. The first-order chi connectivity index (χ1) is 14.5. The first kappa shape index (κ1) is 20.9. The lowest BCUT2D eigenvalue weighted by Crippen LogP contribution is -2.46. The van der Waals surface area contributed by atoms with E-state index in [9.17, 15) is 4.79 Å². The number of hydrogen-bond donors (Lipinski definition) is 0. The van der Waals surface area contributed by atoms with Gasteiger partial charge in [0.1, 0.15) is 11.5 Å². The summed E-state index contributed by atoms with van der Waals surface area (Å²) in [5.74, 6) is 2.79. The number of aryl methyl sites for hydroxylation is 2. The van der Waals surface area contributed by atoms with Crippen molar-refractivity contribution in [1.82, 2.24) is 14.8 Å². The van der Waals surface area contributed by atoms with Gasteiger partial charge in [0.15, 0.2) is 0 Å². The number of benzene rings is 1. The molecule has 2 aliphatic rings. The lowest BCUT2D eigenvalue weighted by atomic mass is 9.95. The Balaban J connectivity index is 1.35. The minimum atomic E-state index is 0.135. The van der Waals surface area contributed by atoms with Crippen molar-refractivity contribution in [3.63, 3.8) is 0 Å². The fourth-order valence-electron chi connectivity index (χ4n) is 4.30. The Bertz CT molecular complexity index is 881. The molecule has 30 heavy (non-hydrogen) atoms. The molecule has 0 bridgehead atoms. The van der Waals surface area contributed by atoms with Gasteiger partial charge in [0.25, 0.3) is 0 Å². The summed E-state index contributed by atoms with van der Waals surface area (Å²) in [6.45, 7) is 9.32. The second-order valence-corrected chi connectivity index (χ2v) is 8.19. The van der Waals surface area contributed by atoms with Crippen LogP contribution in [0.5, 0.6) is 5.75 Å². The average Bonchev–Trinajstić information content (AvgIpc) is 3.14. The molecule has 2 saturated heterocycles. The first-order valence-electron chi connectivity index (χ1n) is 10.8. The van der Waals surface area contributed by atoms with Gasteiger partial charge in [0, 0.05) is 31.1 Å². The predicted octanol–water partition coefficient (Wildman–Crippen LogP) is 3.04. The largest absolute Gasteiger partial charge is 0.496 e. The van der Waals surface area contributed by atoms with Crippen molar-refractivity contribution in [2.75, 3.05) is 46.5 Å². The molecule has 0 saturated carbocycles. The highest BCUT2D eigenvalue weighted by molar-refractivity contribution is 5.79. The van der Waals surface area contributed by atoms with Crippen LogP contribution in [0.3, 0.4) is 0 Å². The number of oxazole rings is 1. The van der Waals surface area contributed by atoms with E-state index in [1.807, 2.05) is 36.9 Å². The number of piperidine rings is 1. The van der Waals surface area contributed by atoms with E-state index in [2.05, 4.69) is 4.90 Å². The van der Waals surface area contributed by atoms with Crippen LogP contribution in [0.2, 0.25) is 0 Å². The maximum Gasteiger partial charge on any atom is 0.226 e. The SMILES string of the molecule is COc1ccc(-c2nc(CN3CCC(C(=O)N4CCOCC4)CC3)c(C)o2)cc1C. The van der Waals surface area contributed by atoms with E-state index in [4.69, 9.17) is 18.9 Å². The number of hydrogen-bond acceptors (Lipinski definition) is 6. The molecule has 0 unspecified atom stereocenters. The highest BCUT2D eigenvalue weighted by atomic mass is 16.5. The van der Waals surface area contributed by atoms with Crippen LogP contribution in [-0.4, -0.2) is 67.2 Å². The predicted molar refractivity (Wildman–Crippen MR) is 113 cm³/mol. The molecule has 2 aromatic rings. The van der Waals surface area contributed by atoms with Gasteiger partial charge in [0.2, 0.25) is 11.8 Å². The Morgan fingerprint density at radius 3 is 2.57 bits per heavy atom. The number of aromatic nitrogens is 1. The Hall–Kier alpha value is -2.38. The molecule has 3 heterocycles. The van der Waals surface area contributed by atoms with Crippen LogP contribution in [0.25, 0.3) is 11.5 Å². The zero-order valence-electron chi connectivity index (χ0n) is 18.1. The van der Waals surface area contributed by atoms with E-state index in [-0.39, 0.29) is 5.92 Å². The summed E-state index contributed by atoms with van der Waals surface area (Å²) in [5, 5.41) is 0. The molecule has 4 rings (SSSR count). The Morgan fingerprint density at radius 1 is 1.17 bits per heavy atom. The maximum absolute atomic E-state index is 12.7. The van der Waals surface area contributed by atoms with Crippen molar-refractivity contribution in [1.29, 1.82) is 0 Å². The molecule has 162 valence electrons. The number of likely N-dealkylation sites (tertiary alicyclic amines) is 1. The summed E-state index contributed by atoms with van der Waals surface area (Å²) in [6.07, 6.45) is 1.80. The second kappa shape index (κ2) is 9.18. The lowest BCUT2D eigenvalue weighted by molar-refractivity contribution is -0.141. The molecule has 1 aromatic carbocycles. The van der Waals surface area contributed by atoms with Gasteiger partial charge in [-0.25, -0.2) is 4.98 Å². The molecule has 1 aromatic heterocycles. The summed E-state index contributed by atoms with van der Waals surface area (Å²) >= 11 is 0. The average molecular weight is 414 g/mol. The third-order valence-electron chi connectivity index (χ3n) is 6.17. The molecule has 2 aliphatic heterocycles. The van der Waals surface area contributed by atoms with Crippen molar-refractivity contribution in [3.8, 4) is 17.2 Å². The second-order valence-electron chi connectivity index (χ2n) is 8.19. The number of morpholine rings is 1. The van der Waals surface area contributed by atoms with E-state index < -0.39 is 0 Å². The van der Waals surface area contributed by atoms with Crippen LogP contribution >= 0.6 is 0 Å². The summed E-state index contributed by atoms with van der Waals surface area (Å²) < 4.78 is 16.7. The molecular formula is C23H31N3O4. The number of amides is 1. The monoisotopic (exact) mass is 413 g/mol. The van der Waals surface area contributed by atoms with Crippen LogP contribution in [-0.2, 0) is 16.1 Å². The number of ether oxygens (including phenoxy) is 2. The van der Waals surface area contributed by atoms with E-state index in [1.165, 1.54) is 0 Å². The highest BCUT2D eigenvalue weighted by Crippen LogP contribution is 2.28. The van der Waals surface area contributed by atoms with Gasteiger partial charge < -0.3 is 18.8 Å². The first-order valence-corrected chi connectivity index (χ1v) is 10.8. The number of carbonyl (C=O) groups excluding carboxylic acids is 1.